The lowest BCUT2D eigenvalue weighted by atomic mass is 10.1. The van der Waals surface area contributed by atoms with Gasteiger partial charge in [0.1, 0.15) is 0 Å². The van der Waals surface area contributed by atoms with Crippen LogP contribution < -0.4 is 15.6 Å². The maximum absolute atomic E-state index is 12.8. The molecule has 29 heavy (non-hydrogen) atoms. The number of nitrogens with zero attached hydrogens (tertiary/aromatic N) is 2. The molecular formula is C18H11BrCl2N4O3S. The molecular weight excluding hydrogens is 503 g/mol. The maximum atomic E-state index is 12.8. The molecule has 1 aliphatic rings. The fourth-order valence-corrected chi connectivity index (χ4v) is 3.29. The van der Waals surface area contributed by atoms with Gasteiger partial charge in [0, 0.05) is 16.3 Å². The van der Waals surface area contributed by atoms with E-state index in [1.807, 2.05) is 0 Å². The molecule has 1 saturated heterocycles. The molecule has 2 N–H and O–H groups in total. The first kappa shape index (κ1) is 21.4. The number of thiocarbonyl (C=S) groups is 1. The minimum Gasteiger partial charge on any atom is -0.301 e. The first-order valence-electron chi connectivity index (χ1n) is 8.01. The summed E-state index contributed by atoms with van der Waals surface area (Å²) in [6.07, 6.45) is 1.04. The Hall–Kier alpha value is -2.33. The van der Waals surface area contributed by atoms with Crippen LogP contribution in [0.4, 0.5) is 5.69 Å². The van der Waals surface area contributed by atoms with Crippen LogP contribution in [0.15, 0.2) is 52.0 Å². The number of amides is 3. The molecule has 0 aromatic heterocycles. The number of rotatable bonds is 4. The van der Waals surface area contributed by atoms with Crippen molar-refractivity contribution in [3.8, 4) is 0 Å². The first-order valence-corrected chi connectivity index (χ1v) is 9.96. The van der Waals surface area contributed by atoms with Crippen molar-refractivity contribution in [1.29, 1.82) is 0 Å². The van der Waals surface area contributed by atoms with Crippen LogP contribution in [-0.4, -0.2) is 29.0 Å². The lowest BCUT2D eigenvalue weighted by Crippen LogP contribution is -2.58. The summed E-state index contributed by atoms with van der Waals surface area (Å²) in [4.78, 5) is 38.3. The number of carbonyl (C=O) groups is 3. The van der Waals surface area contributed by atoms with Gasteiger partial charge in [0.2, 0.25) is 5.91 Å². The van der Waals surface area contributed by atoms with Gasteiger partial charge in [0.15, 0.2) is 11.0 Å². The molecule has 7 nitrogen and oxygen atoms in total. The normalized spacial score (nSPS) is 16.9. The van der Waals surface area contributed by atoms with Crippen molar-refractivity contribution in [2.45, 2.75) is 0 Å². The van der Waals surface area contributed by atoms with Crippen LogP contribution in [0.5, 0.6) is 0 Å². The van der Waals surface area contributed by atoms with Crippen molar-refractivity contribution < 1.29 is 14.4 Å². The Kier molecular flexibility index (Phi) is 6.63. The van der Waals surface area contributed by atoms with Gasteiger partial charge in [-0.05, 0) is 54.7 Å². The molecule has 2 aromatic rings. The van der Waals surface area contributed by atoms with Gasteiger partial charge in [0.05, 0.1) is 15.7 Å². The highest BCUT2D eigenvalue weighted by Crippen LogP contribution is 2.23. The molecule has 2 aromatic carbocycles. The predicted molar refractivity (Wildman–Crippen MR) is 118 cm³/mol. The minimum absolute atomic E-state index is 0.0354. The van der Waals surface area contributed by atoms with Gasteiger partial charge >= 0.3 is 0 Å². The van der Waals surface area contributed by atoms with E-state index in [2.05, 4.69) is 31.8 Å². The Balaban J connectivity index is 1.74. The number of hydrogen-bond acceptors (Lipinski definition) is 5. The van der Waals surface area contributed by atoms with E-state index in [9.17, 15) is 14.4 Å². The Morgan fingerprint density at radius 2 is 1.86 bits per heavy atom. The third kappa shape index (κ3) is 4.81. The molecule has 1 heterocycles. The van der Waals surface area contributed by atoms with Crippen LogP contribution in [0.1, 0.15) is 10.4 Å². The largest absolute Gasteiger partial charge is 0.301 e. The summed E-state index contributed by atoms with van der Waals surface area (Å²) in [7, 11) is 0. The van der Waals surface area contributed by atoms with E-state index in [1.54, 1.807) is 24.3 Å². The molecule has 148 valence electrons. The summed E-state index contributed by atoms with van der Waals surface area (Å²) in [5, 5.41) is 6.67. The number of benzene rings is 2. The van der Waals surface area contributed by atoms with E-state index in [0.29, 0.717) is 10.7 Å². The molecule has 1 atom stereocenters. The van der Waals surface area contributed by atoms with Gasteiger partial charge in [-0.25, -0.2) is 5.43 Å². The van der Waals surface area contributed by atoms with Crippen LogP contribution in [0.2, 0.25) is 10.0 Å². The lowest BCUT2D eigenvalue weighted by molar-refractivity contribution is -0.130. The Morgan fingerprint density at radius 3 is 2.52 bits per heavy atom. The summed E-state index contributed by atoms with van der Waals surface area (Å²) < 4.78 is 0.823. The predicted octanol–water partition coefficient (Wildman–Crippen LogP) is 3.54. The lowest BCUT2D eigenvalue weighted by Gasteiger charge is -2.30. The van der Waals surface area contributed by atoms with E-state index < -0.39 is 23.6 Å². The molecule has 0 radical (unpaired) electrons. The fourth-order valence-electron chi connectivity index (χ4n) is 2.43. The minimum atomic E-state index is -1.26. The van der Waals surface area contributed by atoms with E-state index in [0.717, 1.165) is 10.7 Å². The van der Waals surface area contributed by atoms with Crippen molar-refractivity contribution in [3.63, 3.8) is 0 Å². The second kappa shape index (κ2) is 9.00. The summed E-state index contributed by atoms with van der Waals surface area (Å²) >= 11 is 20.1. The highest BCUT2D eigenvalue weighted by atomic mass is 79.9. The average molecular weight is 514 g/mol. The maximum Gasteiger partial charge on any atom is 0.271 e. The van der Waals surface area contributed by atoms with Gasteiger partial charge in [-0.2, -0.15) is 5.10 Å². The van der Waals surface area contributed by atoms with Crippen LogP contribution in [0.25, 0.3) is 0 Å². The summed E-state index contributed by atoms with van der Waals surface area (Å²) in [5.74, 6) is -3.07. The van der Waals surface area contributed by atoms with Crippen molar-refractivity contribution in [3.05, 3.63) is 62.5 Å². The third-order valence-corrected chi connectivity index (χ3v) is 5.41. The molecule has 0 saturated carbocycles. The molecule has 3 amide bonds. The second-order valence-electron chi connectivity index (χ2n) is 5.77. The van der Waals surface area contributed by atoms with E-state index >= 15 is 0 Å². The van der Waals surface area contributed by atoms with Crippen molar-refractivity contribution in [1.82, 2.24) is 10.7 Å². The van der Waals surface area contributed by atoms with Crippen LogP contribution >= 0.6 is 51.3 Å². The Morgan fingerprint density at radius 1 is 1.17 bits per heavy atom. The standard InChI is InChI=1S/C18H11BrCl2N4O3S/c19-10-2-4-11(5-3-10)25-17(28)12(16(27)23-18(25)29)8-22-24-15(26)9-1-6-13(20)14(21)7-9/h1-8,12H,(H,24,26)(H,23,27,29)/b22-8-/t12-/m0/s1. The monoisotopic (exact) mass is 512 g/mol. The molecule has 3 rings (SSSR count). The average Bonchev–Trinajstić information content (AvgIpc) is 2.67. The first-order chi connectivity index (χ1) is 13.8. The van der Waals surface area contributed by atoms with Gasteiger partial charge in [-0.3, -0.25) is 19.3 Å². The van der Waals surface area contributed by atoms with E-state index in [1.165, 1.54) is 23.1 Å². The molecule has 0 aliphatic carbocycles. The summed E-state index contributed by atoms with van der Waals surface area (Å²) in [5.41, 5.74) is 2.95. The van der Waals surface area contributed by atoms with Crippen LogP contribution in [0.3, 0.4) is 0 Å². The molecule has 11 heteroatoms. The highest BCUT2D eigenvalue weighted by molar-refractivity contribution is 9.10. The second-order valence-corrected chi connectivity index (χ2v) is 7.89. The zero-order valence-electron chi connectivity index (χ0n) is 14.4. The quantitative estimate of drug-likeness (QED) is 0.283. The summed E-state index contributed by atoms with van der Waals surface area (Å²) in [6.45, 7) is 0. The number of carbonyl (C=O) groups excluding carboxylic acids is 3. The molecule has 1 fully saturated rings. The number of hydrazone groups is 1. The topological polar surface area (TPSA) is 90.9 Å². The van der Waals surface area contributed by atoms with Crippen molar-refractivity contribution in [2.24, 2.45) is 11.0 Å². The molecule has 0 unspecified atom stereocenters. The summed E-state index contributed by atoms with van der Waals surface area (Å²) in [6, 6.07) is 11.1. The zero-order valence-corrected chi connectivity index (χ0v) is 18.3. The van der Waals surface area contributed by atoms with Crippen molar-refractivity contribution >= 4 is 86.1 Å². The van der Waals surface area contributed by atoms with Gasteiger partial charge in [0.25, 0.3) is 11.8 Å². The smallest absolute Gasteiger partial charge is 0.271 e. The fraction of sp³-hybridized carbons (Fsp3) is 0.0556. The zero-order chi connectivity index (χ0) is 21.1. The highest BCUT2D eigenvalue weighted by Gasteiger charge is 2.38. The number of anilines is 1. The third-order valence-electron chi connectivity index (χ3n) is 3.86. The van der Waals surface area contributed by atoms with E-state index in [-0.39, 0.29) is 15.7 Å². The van der Waals surface area contributed by atoms with Crippen LogP contribution in [-0.2, 0) is 9.59 Å². The van der Waals surface area contributed by atoms with Gasteiger partial charge in [-0.15, -0.1) is 0 Å². The van der Waals surface area contributed by atoms with E-state index in [4.69, 9.17) is 35.4 Å². The number of nitrogens with one attached hydrogen (secondary N) is 2. The Bertz CT molecular complexity index is 1050. The molecule has 0 bridgehead atoms. The number of hydrogen-bond donors (Lipinski definition) is 2. The van der Waals surface area contributed by atoms with Gasteiger partial charge < -0.3 is 5.32 Å². The van der Waals surface area contributed by atoms with Crippen molar-refractivity contribution in [2.75, 3.05) is 4.90 Å². The Labute approximate surface area is 189 Å². The molecule has 1 aliphatic heterocycles. The van der Waals surface area contributed by atoms with Crippen LogP contribution in [0, 0.1) is 5.92 Å². The molecule has 0 spiro atoms. The SMILES string of the molecule is O=C(N/N=C\[C@H]1C(=O)NC(=S)N(c2ccc(Br)cc2)C1=O)c1ccc(Cl)c(Cl)c1. The number of halogens is 3. The van der Waals surface area contributed by atoms with Gasteiger partial charge in [-0.1, -0.05) is 39.1 Å².